The molecule has 0 bridgehead atoms. The van der Waals surface area contributed by atoms with E-state index in [1.807, 2.05) is 0 Å². The first-order valence-corrected chi connectivity index (χ1v) is 8.44. The van der Waals surface area contributed by atoms with Crippen molar-refractivity contribution in [2.75, 3.05) is 26.7 Å². The van der Waals surface area contributed by atoms with Gasteiger partial charge in [-0.25, -0.2) is 0 Å². The fourth-order valence-corrected chi connectivity index (χ4v) is 3.25. The Morgan fingerprint density at radius 3 is 2.00 bits per heavy atom. The zero-order chi connectivity index (χ0) is 16.4. The van der Waals surface area contributed by atoms with E-state index in [0.717, 1.165) is 25.4 Å². The number of rotatable bonds is 5. The Hall–Kier alpha value is -1.80. The standard InChI is InChI=1S/C21H27NO/c1-16-5-7-18(8-6-16)21(2,3)19-9-11-20(12-10-19)23-15-17-13-22(4)14-17/h5-12,17H,13-15H2,1-4H3. The van der Waals surface area contributed by atoms with Crippen molar-refractivity contribution >= 4 is 0 Å². The Bertz CT molecular complexity index is 637. The van der Waals surface area contributed by atoms with Gasteiger partial charge in [0.05, 0.1) is 6.61 Å². The first kappa shape index (κ1) is 16.1. The van der Waals surface area contributed by atoms with Gasteiger partial charge >= 0.3 is 0 Å². The summed E-state index contributed by atoms with van der Waals surface area (Å²) >= 11 is 0. The molecule has 2 heteroatoms. The van der Waals surface area contributed by atoms with Gasteiger partial charge in [0.15, 0.2) is 0 Å². The van der Waals surface area contributed by atoms with E-state index >= 15 is 0 Å². The highest BCUT2D eigenvalue weighted by atomic mass is 16.5. The topological polar surface area (TPSA) is 12.5 Å². The lowest BCUT2D eigenvalue weighted by Gasteiger charge is -2.35. The van der Waals surface area contributed by atoms with Crippen LogP contribution in [0.2, 0.25) is 0 Å². The first-order valence-electron chi connectivity index (χ1n) is 8.44. The van der Waals surface area contributed by atoms with E-state index in [1.54, 1.807) is 0 Å². The Morgan fingerprint density at radius 2 is 1.48 bits per heavy atom. The predicted octanol–water partition coefficient (Wildman–Crippen LogP) is 4.26. The number of likely N-dealkylation sites (tertiary alicyclic amines) is 1. The SMILES string of the molecule is Cc1ccc(C(C)(C)c2ccc(OCC3CN(C)C3)cc2)cc1. The molecule has 0 radical (unpaired) electrons. The number of benzene rings is 2. The van der Waals surface area contributed by atoms with Gasteiger partial charge in [-0.1, -0.05) is 55.8 Å². The molecule has 1 heterocycles. The number of nitrogens with zero attached hydrogens (tertiary/aromatic N) is 1. The van der Waals surface area contributed by atoms with Gasteiger partial charge in [-0.05, 0) is 37.2 Å². The highest BCUT2D eigenvalue weighted by Crippen LogP contribution is 2.32. The molecule has 0 saturated carbocycles. The molecule has 1 saturated heterocycles. The first-order chi connectivity index (χ1) is 10.9. The molecule has 3 rings (SSSR count). The highest BCUT2D eigenvalue weighted by Gasteiger charge is 2.24. The van der Waals surface area contributed by atoms with Crippen LogP contribution >= 0.6 is 0 Å². The fourth-order valence-electron chi connectivity index (χ4n) is 3.25. The third-order valence-electron chi connectivity index (χ3n) is 4.97. The molecule has 2 aromatic carbocycles. The van der Waals surface area contributed by atoms with Gasteiger partial charge in [-0.15, -0.1) is 0 Å². The Labute approximate surface area is 140 Å². The quantitative estimate of drug-likeness (QED) is 0.818. The summed E-state index contributed by atoms with van der Waals surface area (Å²) in [4.78, 5) is 2.32. The van der Waals surface area contributed by atoms with E-state index in [1.165, 1.54) is 16.7 Å². The Kier molecular flexibility index (Phi) is 4.45. The molecule has 2 aromatic rings. The maximum Gasteiger partial charge on any atom is 0.119 e. The Morgan fingerprint density at radius 1 is 0.957 bits per heavy atom. The molecular weight excluding hydrogens is 282 g/mol. The number of hydrogen-bond acceptors (Lipinski definition) is 2. The van der Waals surface area contributed by atoms with Crippen LogP contribution in [0.4, 0.5) is 0 Å². The molecule has 0 aromatic heterocycles. The van der Waals surface area contributed by atoms with Crippen molar-refractivity contribution in [1.82, 2.24) is 4.90 Å². The summed E-state index contributed by atoms with van der Waals surface area (Å²) in [6.45, 7) is 9.81. The number of hydrogen-bond donors (Lipinski definition) is 0. The molecule has 0 aliphatic carbocycles. The maximum atomic E-state index is 5.92. The van der Waals surface area contributed by atoms with Crippen molar-refractivity contribution in [3.05, 3.63) is 65.2 Å². The molecule has 1 aliphatic heterocycles. The van der Waals surface area contributed by atoms with Crippen LogP contribution in [0.1, 0.15) is 30.5 Å². The molecule has 23 heavy (non-hydrogen) atoms. The average Bonchev–Trinajstić information content (AvgIpc) is 2.51. The smallest absolute Gasteiger partial charge is 0.119 e. The second-order valence-corrected chi connectivity index (χ2v) is 7.41. The minimum absolute atomic E-state index is 0.00289. The lowest BCUT2D eigenvalue weighted by molar-refractivity contribution is 0.0857. The van der Waals surface area contributed by atoms with Gasteiger partial charge in [-0.2, -0.15) is 0 Å². The van der Waals surface area contributed by atoms with Gasteiger partial charge in [0.1, 0.15) is 5.75 Å². The van der Waals surface area contributed by atoms with Gasteiger partial charge in [0, 0.05) is 24.4 Å². The van der Waals surface area contributed by atoms with Crippen LogP contribution < -0.4 is 4.74 Å². The summed E-state index contributed by atoms with van der Waals surface area (Å²) < 4.78 is 5.92. The summed E-state index contributed by atoms with van der Waals surface area (Å²) in [6, 6.07) is 17.4. The molecule has 2 nitrogen and oxygen atoms in total. The molecule has 1 aliphatic rings. The second kappa shape index (κ2) is 6.37. The van der Waals surface area contributed by atoms with E-state index in [0.29, 0.717) is 5.92 Å². The second-order valence-electron chi connectivity index (χ2n) is 7.41. The minimum Gasteiger partial charge on any atom is -0.493 e. The summed E-state index contributed by atoms with van der Waals surface area (Å²) in [6.07, 6.45) is 0. The van der Waals surface area contributed by atoms with E-state index in [-0.39, 0.29) is 5.41 Å². The lowest BCUT2D eigenvalue weighted by Crippen LogP contribution is -2.46. The van der Waals surface area contributed by atoms with Gasteiger partial charge in [0.25, 0.3) is 0 Å². The van der Waals surface area contributed by atoms with Crippen molar-refractivity contribution in [3.63, 3.8) is 0 Å². The van der Waals surface area contributed by atoms with Gasteiger partial charge in [-0.3, -0.25) is 0 Å². The number of aryl methyl sites for hydroxylation is 1. The monoisotopic (exact) mass is 309 g/mol. The van der Waals surface area contributed by atoms with Crippen LogP contribution in [0.25, 0.3) is 0 Å². The van der Waals surface area contributed by atoms with E-state index in [4.69, 9.17) is 4.74 Å². The molecule has 0 N–H and O–H groups in total. The number of ether oxygens (including phenoxy) is 1. The Balaban J connectivity index is 1.67. The van der Waals surface area contributed by atoms with Crippen LogP contribution in [0.15, 0.2) is 48.5 Å². The van der Waals surface area contributed by atoms with Crippen LogP contribution in [0.5, 0.6) is 5.75 Å². The fraction of sp³-hybridized carbons (Fsp3) is 0.429. The normalized spacial score (nSPS) is 16.2. The molecule has 1 fully saturated rings. The van der Waals surface area contributed by atoms with Crippen LogP contribution in [0, 0.1) is 12.8 Å². The molecule has 0 atom stereocenters. The van der Waals surface area contributed by atoms with Gasteiger partial charge < -0.3 is 9.64 Å². The minimum atomic E-state index is 0.00289. The zero-order valence-corrected chi connectivity index (χ0v) is 14.7. The summed E-state index contributed by atoms with van der Waals surface area (Å²) in [5.41, 5.74) is 3.96. The van der Waals surface area contributed by atoms with E-state index in [2.05, 4.69) is 81.2 Å². The van der Waals surface area contributed by atoms with Crippen molar-refractivity contribution in [3.8, 4) is 5.75 Å². The molecule has 0 amide bonds. The third kappa shape index (κ3) is 3.59. The molecule has 0 unspecified atom stereocenters. The van der Waals surface area contributed by atoms with Crippen molar-refractivity contribution < 1.29 is 4.74 Å². The highest BCUT2D eigenvalue weighted by molar-refractivity contribution is 5.40. The van der Waals surface area contributed by atoms with Crippen LogP contribution in [0.3, 0.4) is 0 Å². The van der Waals surface area contributed by atoms with Crippen molar-refractivity contribution in [1.29, 1.82) is 0 Å². The van der Waals surface area contributed by atoms with Crippen LogP contribution in [-0.4, -0.2) is 31.6 Å². The average molecular weight is 309 g/mol. The molecule has 0 spiro atoms. The lowest BCUT2D eigenvalue weighted by atomic mass is 9.78. The van der Waals surface area contributed by atoms with Crippen LogP contribution in [-0.2, 0) is 5.41 Å². The third-order valence-corrected chi connectivity index (χ3v) is 4.97. The van der Waals surface area contributed by atoms with Crippen molar-refractivity contribution in [2.45, 2.75) is 26.2 Å². The van der Waals surface area contributed by atoms with Gasteiger partial charge in [0.2, 0.25) is 0 Å². The summed E-state index contributed by atoms with van der Waals surface area (Å²) in [7, 11) is 2.15. The van der Waals surface area contributed by atoms with Crippen molar-refractivity contribution in [2.24, 2.45) is 5.92 Å². The summed E-state index contributed by atoms with van der Waals surface area (Å²) in [5, 5.41) is 0. The molecular formula is C21H27NO. The largest absolute Gasteiger partial charge is 0.493 e. The van der Waals surface area contributed by atoms with E-state index < -0.39 is 0 Å². The molecule has 122 valence electrons. The maximum absolute atomic E-state index is 5.92. The zero-order valence-electron chi connectivity index (χ0n) is 14.7. The van der Waals surface area contributed by atoms with E-state index in [9.17, 15) is 0 Å². The summed E-state index contributed by atoms with van der Waals surface area (Å²) in [5.74, 6) is 1.66. The predicted molar refractivity (Wildman–Crippen MR) is 96.2 cm³/mol.